The van der Waals surface area contributed by atoms with Crippen molar-refractivity contribution < 1.29 is 14.3 Å². The van der Waals surface area contributed by atoms with E-state index in [-0.39, 0.29) is 27.8 Å². The monoisotopic (exact) mass is 342 g/mol. The van der Waals surface area contributed by atoms with Crippen LogP contribution in [0.25, 0.3) is 0 Å². The second-order valence-corrected chi connectivity index (χ2v) is 5.66. The highest BCUT2D eigenvalue weighted by atomic mass is 35.5. The van der Waals surface area contributed by atoms with Gasteiger partial charge in [0.25, 0.3) is 0 Å². The molecule has 1 aliphatic rings. The Morgan fingerprint density at radius 1 is 1.08 bits per heavy atom. The molecule has 0 bridgehead atoms. The Labute approximate surface area is 144 Å². The average molecular weight is 343 g/mol. The molecule has 0 atom stereocenters. The molecule has 3 rings (SSSR count). The summed E-state index contributed by atoms with van der Waals surface area (Å²) in [5, 5.41) is 2.78. The van der Waals surface area contributed by atoms with Crippen molar-refractivity contribution in [2.24, 2.45) is 0 Å². The number of ketones is 2. The molecule has 24 heavy (non-hydrogen) atoms. The van der Waals surface area contributed by atoms with Crippen molar-refractivity contribution in [3.8, 4) is 5.75 Å². The van der Waals surface area contributed by atoms with Gasteiger partial charge in [-0.25, -0.2) is 4.98 Å². The smallest absolute Gasteiger partial charge is 0.225 e. The van der Waals surface area contributed by atoms with Crippen LogP contribution in [0.4, 0.5) is 5.69 Å². The van der Waals surface area contributed by atoms with E-state index in [0.717, 1.165) is 5.75 Å². The SMILES string of the molecule is CCOc1ccc(NC2=C(Cl)C(=O)c3nc(C)ccc3C2=O)cc1. The third-order valence-corrected chi connectivity index (χ3v) is 3.94. The Kier molecular flexibility index (Phi) is 4.36. The van der Waals surface area contributed by atoms with Gasteiger partial charge in [0.1, 0.15) is 22.2 Å². The van der Waals surface area contributed by atoms with Crippen LogP contribution in [0, 0.1) is 6.92 Å². The van der Waals surface area contributed by atoms with Crippen LogP contribution in [0.5, 0.6) is 5.75 Å². The lowest BCUT2D eigenvalue weighted by atomic mass is 9.96. The molecule has 2 aromatic rings. The molecule has 0 aliphatic heterocycles. The van der Waals surface area contributed by atoms with E-state index in [1.165, 1.54) is 0 Å². The van der Waals surface area contributed by atoms with Gasteiger partial charge in [-0.3, -0.25) is 9.59 Å². The van der Waals surface area contributed by atoms with Gasteiger partial charge in [-0.15, -0.1) is 0 Å². The number of Topliss-reactive ketones (excluding diaryl/α,β-unsaturated/α-hetero) is 2. The van der Waals surface area contributed by atoms with Gasteiger partial charge in [-0.05, 0) is 50.2 Å². The van der Waals surface area contributed by atoms with Gasteiger partial charge < -0.3 is 10.1 Å². The van der Waals surface area contributed by atoms with E-state index in [1.807, 2.05) is 6.92 Å². The number of fused-ring (bicyclic) bond motifs is 1. The number of aromatic nitrogens is 1. The molecule has 1 aliphatic carbocycles. The lowest BCUT2D eigenvalue weighted by Gasteiger charge is -2.18. The van der Waals surface area contributed by atoms with Crippen molar-refractivity contribution in [1.82, 2.24) is 4.98 Å². The maximum atomic E-state index is 12.6. The molecule has 0 fully saturated rings. The number of pyridine rings is 1. The fourth-order valence-corrected chi connectivity index (χ4v) is 2.64. The van der Waals surface area contributed by atoms with Gasteiger partial charge in [-0.1, -0.05) is 11.6 Å². The van der Waals surface area contributed by atoms with Gasteiger partial charge in [0.2, 0.25) is 11.6 Å². The quantitative estimate of drug-likeness (QED) is 0.916. The second kappa shape index (κ2) is 6.45. The summed E-state index contributed by atoms with van der Waals surface area (Å²) in [6.45, 7) is 4.22. The number of hydrogen-bond acceptors (Lipinski definition) is 5. The van der Waals surface area contributed by atoms with Crippen molar-refractivity contribution in [2.75, 3.05) is 11.9 Å². The zero-order chi connectivity index (χ0) is 17.3. The minimum atomic E-state index is -0.455. The van der Waals surface area contributed by atoms with Crippen LogP contribution in [0.3, 0.4) is 0 Å². The van der Waals surface area contributed by atoms with Crippen molar-refractivity contribution >= 4 is 28.9 Å². The fourth-order valence-electron chi connectivity index (χ4n) is 2.42. The second-order valence-electron chi connectivity index (χ2n) is 5.28. The van der Waals surface area contributed by atoms with Crippen LogP contribution in [-0.4, -0.2) is 23.2 Å². The highest BCUT2D eigenvalue weighted by Crippen LogP contribution is 2.29. The summed E-state index contributed by atoms with van der Waals surface area (Å²) in [6.07, 6.45) is 0. The first kappa shape index (κ1) is 16.2. The Bertz CT molecular complexity index is 857. The molecule has 1 heterocycles. The Balaban J connectivity index is 1.93. The number of hydrogen-bond donors (Lipinski definition) is 1. The summed E-state index contributed by atoms with van der Waals surface area (Å²) in [7, 11) is 0. The molecule has 122 valence electrons. The molecule has 1 aromatic carbocycles. The number of carbonyl (C=O) groups excluding carboxylic acids is 2. The standard InChI is InChI=1S/C18H15ClN2O3/c1-3-24-12-7-5-11(6-8-12)21-16-14(19)18(23)15-13(17(16)22)9-4-10(2)20-15/h4-9,21H,3H2,1-2H3. The highest BCUT2D eigenvalue weighted by Gasteiger charge is 2.32. The first-order valence-electron chi connectivity index (χ1n) is 7.48. The zero-order valence-electron chi connectivity index (χ0n) is 13.2. The molecule has 1 N–H and O–H groups in total. The number of nitrogens with one attached hydrogen (secondary N) is 1. The molecular weight excluding hydrogens is 328 g/mol. The van der Waals surface area contributed by atoms with E-state index in [9.17, 15) is 9.59 Å². The largest absolute Gasteiger partial charge is 0.494 e. The fraction of sp³-hybridized carbons (Fsp3) is 0.167. The van der Waals surface area contributed by atoms with E-state index >= 15 is 0 Å². The Hall–Kier alpha value is -2.66. The van der Waals surface area contributed by atoms with E-state index in [1.54, 1.807) is 43.3 Å². The first-order valence-corrected chi connectivity index (χ1v) is 7.85. The van der Waals surface area contributed by atoms with Gasteiger partial charge in [0.15, 0.2) is 0 Å². The van der Waals surface area contributed by atoms with Crippen molar-refractivity contribution in [3.05, 3.63) is 64.1 Å². The number of benzene rings is 1. The third kappa shape index (κ3) is 2.90. The predicted octanol–water partition coefficient (Wildman–Crippen LogP) is 3.73. The number of nitrogens with zero attached hydrogens (tertiary/aromatic N) is 1. The van der Waals surface area contributed by atoms with Gasteiger partial charge in [0, 0.05) is 11.4 Å². The third-order valence-electron chi connectivity index (χ3n) is 3.57. The van der Waals surface area contributed by atoms with Gasteiger partial charge in [0.05, 0.1) is 12.2 Å². The minimum absolute atomic E-state index is 0.0592. The molecule has 0 radical (unpaired) electrons. The number of ether oxygens (including phenoxy) is 1. The molecule has 0 saturated heterocycles. The summed E-state index contributed by atoms with van der Waals surface area (Å²) in [4.78, 5) is 29.2. The normalized spacial score (nSPS) is 13.8. The lowest BCUT2D eigenvalue weighted by molar-refractivity contribution is 0.0978. The molecule has 1 aromatic heterocycles. The summed E-state index contributed by atoms with van der Waals surface area (Å²) in [5.41, 5.74) is 1.70. The van der Waals surface area contributed by atoms with E-state index in [4.69, 9.17) is 16.3 Å². The highest BCUT2D eigenvalue weighted by molar-refractivity contribution is 6.50. The van der Waals surface area contributed by atoms with Crippen LogP contribution < -0.4 is 10.1 Å². The number of rotatable bonds is 4. The number of halogens is 1. The van der Waals surface area contributed by atoms with Gasteiger partial charge >= 0.3 is 0 Å². The molecule has 6 heteroatoms. The molecule has 5 nitrogen and oxygen atoms in total. The van der Waals surface area contributed by atoms with Crippen LogP contribution in [0.2, 0.25) is 0 Å². The minimum Gasteiger partial charge on any atom is -0.494 e. The molecule has 0 saturated carbocycles. The first-order chi connectivity index (χ1) is 11.5. The van der Waals surface area contributed by atoms with Crippen molar-refractivity contribution in [3.63, 3.8) is 0 Å². The molecule has 0 unspecified atom stereocenters. The van der Waals surface area contributed by atoms with Crippen LogP contribution in [-0.2, 0) is 0 Å². The number of allylic oxidation sites excluding steroid dienone is 2. The topological polar surface area (TPSA) is 68.3 Å². The molecule has 0 amide bonds. The summed E-state index contributed by atoms with van der Waals surface area (Å²) in [5.74, 6) is -0.0846. The van der Waals surface area contributed by atoms with Gasteiger partial charge in [-0.2, -0.15) is 0 Å². The summed E-state index contributed by atoms with van der Waals surface area (Å²) < 4.78 is 5.37. The Morgan fingerprint density at radius 3 is 2.46 bits per heavy atom. The molecule has 0 spiro atoms. The van der Waals surface area contributed by atoms with Crippen LogP contribution >= 0.6 is 11.6 Å². The van der Waals surface area contributed by atoms with Crippen molar-refractivity contribution in [2.45, 2.75) is 13.8 Å². The average Bonchev–Trinajstić information content (AvgIpc) is 2.58. The van der Waals surface area contributed by atoms with E-state index < -0.39 is 5.78 Å². The van der Waals surface area contributed by atoms with E-state index in [2.05, 4.69) is 10.3 Å². The summed E-state index contributed by atoms with van der Waals surface area (Å²) >= 11 is 6.12. The number of aryl methyl sites for hydroxylation is 1. The predicted molar refractivity (Wildman–Crippen MR) is 91.7 cm³/mol. The maximum Gasteiger partial charge on any atom is 0.225 e. The lowest BCUT2D eigenvalue weighted by Crippen LogP contribution is -2.25. The maximum absolute atomic E-state index is 12.6. The Morgan fingerprint density at radius 2 is 1.79 bits per heavy atom. The summed E-state index contributed by atoms with van der Waals surface area (Å²) in [6, 6.07) is 10.3. The molecular formula is C18H15ClN2O3. The van der Waals surface area contributed by atoms with Crippen LogP contribution in [0.1, 0.15) is 33.5 Å². The number of carbonyl (C=O) groups is 2. The zero-order valence-corrected chi connectivity index (χ0v) is 14.0. The number of anilines is 1. The van der Waals surface area contributed by atoms with E-state index in [0.29, 0.717) is 18.0 Å². The van der Waals surface area contributed by atoms with Crippen LogP contribution in [0.15, 0.2) is 47.1 Å². The van der Waals surface area contributed by atoms with Crippen molar-refractivity contribution in [1.29, 1.82) is 0 Å².